The summed E-state index contributed by atoms with van der Waals surface area (Å²) < 4.78 is 26.3. The van der Waals surface area contributed by atoms with E-state index < -0.39 is 10.0 Å². The Kier molecular flexibility index (Phi) is 4.67. The van der Waals surface area contributed by atoms with Gasteiger partial charge < -0.3 is 4.90 Å². The summed E-state index contributed by atoms with van der Waals surface area (Å²) in [4.78, 5) is 13.3. The number of hydrogen-bond acceptors (Lipinski definition) is 3. The molecule has 1 aliphatic heterocycles. The molecule has 2 rings (SSSR count). The maximum atomic E-state index is 12.4. The predicted octanol–water partition coefficient (Wildman–Crippen LogP) is 1.07. The van der Waals surface area contributed by atoms with Crippen LogP contribution in [0.15, 0.2) is 29.2 Å². The normalized spacial score (nSPS) is 17.2. The van der Waals surface area contributed by atoms with Crippen LogP contribution in [-0.4, -0.2) is 55.6 Å². The monoisotopic (exact) mass is 316 g/mol. The maximum absolute atomic E-state index is 12.4. The van der Waals surface area contributed by atoms with E-state index in [1.54, 1.807) is 29.2 Å². The smallest absolute Gasteiger partial charge is 0.243 e. The molecule has 7 heteroatoms. The second-order valence-electron chi connectivity index (χ2n) is 4.73. The zero-order chi connectivity index (χ0) is 14.8. The summed E-state index contributed by atoms with van der Waals surface area (Å²) >= 11 is 5.50. The number of carbonyl (C=O) groups excluding carboxylic acids is 1. The number of amides is 1. The molecule has 1 aliphatic rings. The summed E-state index contributed by atoms with van der Waals surface area (Å²) in [6, 6.07) is 6.78. The van der Waals surface area contributed by atoms with Gasteiger partial charge in [0.05, 0.1) is 4.90 Å². The van der Waals surface area contributed by atoms with Crippen molar-refractivity contribution in [2.45, 2.75) is 11.8 Å². The van der Waals surface area contributed by atoms with Crippen LogP contribution in [0.4, 0.5) is 0 Å². The van der Waals surface area contributed by atoms with Crippen molar-refractivity contribution in [3.8, 4) is 0 Å². The van der Waals surface area contributed by atoms with E-state index in [1.807, 2.05) is 6.92 Å². The second-order valence-corrected chi connectivity index (χ2v) is 6.94. The number of hydrogen-bond donors (Lipinski definition) is 0. The van der Waals surface area contributed by atoms with Crippen LogP contribution in [0.25, 0.3) is 0 Å². The fourth-order valence-electron chi connectivity index (χ4n) is 2.12. The third-order valence-corrected chi connectivity index (χ3v) is 5.51. The maximum Gasteiger partial charge on any atom is 0.243 e. The Balaban J connectivity index is 2.09. The Morgan fingerprint density at radius 3 is 2.20 bits per heavy atom. The number of carbonyl (C=O) groups is 1. The number of sulfonamides is 1. The highest BCUT2D eigenvalue weighted by Crippen LogP contribution is 2.18. The first-order valence-electron chi connectivity index (χ1n) is 6.35. The molecule has 110 valence electrons. The van der Waals surface area contributed by atoms with Crippen molar-refractivity contribution in [3.63, 3.8) is 0 Å². The first-order valence-corrected chi connectivity index (χ1v) is 8.33. The number of aryl methyl sites for hydroxylation is 1. The summed E-state index contributed by atoms with van der Waals surface area (Å²) in [5.74, 6) is -0.218. The van der Waals surface area contributed by atoms with Crippen LogP contribution < -0.4 is 0 Å². The highest BCUT2D eigenvalue weighted by molar-refractivity contribution is 7.89. The molecule has 1 fully saturated rings. The Bertz CT molecular complexity index is 578. The van der Waals surface area contributed by atoms with E-state index in [0.29, 0.717) is 31.1 Å². The molecule has 0 atom stereocenters. The van der Waals surface area contributed by atoms with E-state index in [-0.39, 0.29) is 11.8 Å². The van der Waals surface area contributed by atoms with Crippen LogP contribution in [0.3, 0.4) is 0 Å². The minimum atomic E-state index is -3.47. The average Bonchev–Trinajstić information content (AvgIpc) is 2.47. The summed E-state index contributed by atoms with van der Waals surface area (Å²) in [5, 5.41) is 0. The van der Waals surface area contributed by atoms with Crippen LogP contribution in [0.1, 0.15) is 5.56 Å². The number of rotatable bonds is 3. The van der Waals surface area contributed by atoms with Crippen LogP contribution in [0.5, 0.6) is 0 Å². The Labute approximate surface area is 124 Å². The topological polar surface area (TPSA) is 57.7 Å². The third kappa shape index (κ3) is 3.13. The van der Waals surface area contributed by atoms with Gasteiger partial charge in [0.1, 0.15) is 5.88 Å². The molecule has 0 radical (unpaired) electrons. The van der Waals surface area contributed by atoms with Gasteiger partial charge in [0.15, 0.2) is 0 Å². The molecule has 1 aromatic carbocycles. The minimum absolute atomic E-state index is 0.0648. The second kappa shape index (κ2) is 6.11. The summed E-state index contributed by atoms with van der Waals surface area (Å²) in [6.07, 6.45) is 0. The molecular weight excluding hydrogens is 300 g/mol. The van der Waals surface area contributed by atoms with E-state index in [4.69, 9.17) is 11.6 Å². The average molecular weight is 317 g/mol. The largest absolute Gasteiger partial charge is 0.339 e. The van der Waals surface area contributed by atoms with Crippen molar-refractivity contribution in [2.75, 3.05) is 32.1 Å². The molecule has 0 bridgehead atoms. The highest BCUT2D eigenvalue weighted by Gasteiger charge is 2.29. The first kappa shape index (κ1) is 15.3. The molecule has 0 aromatic heterocycles. The van der Waals surface area contributed by atoms with Gasteiger partial charge in [-0.1, -0.05) is 17.7 Å². The zero-order valence-electron chi connectivity index (χ0n) is 11.3. The van der Waals surface area contributed by atoms with Gasteiger partial charge >= 0.3 is 0 Å². The molecule has 20 heavy (non-hydrogen) atoms. The van der Waals surface area contributed by atoms with Gasteiger partial charge in [-0.15, -0.1) is 11.6 Å². The van der Waals surface area contributed by atoms with E-state index in [1.165, 1.54) is 4.31 Å². The van der Waals surface area contributed by atoms with Gasteiger partial charge in [-0.2, -0.15) is 4.31 Å². The first-order chi connectivity index (χ1) is 9.45. The molecule has 1 heterocycles. The fraction of sp³-hybridized carbons (Fsp3) is 0.462. The van der Waals surface area contributed by atoms with Crippen molar-refractivity contribution >= 4 is 27.5 Å². The van der Waals surface area contributed by atoms with Gasteiger partial charge in [0.25, 0.3) is 0 Å². The molecule has 1 aromatic rings. The van der Waals surface area contributed by atoms with Crippen molar-refractivity contribution in [1.29, 1.82) is 0 Å². The van der Waals surface area contributed by atoms with E-state index in [0.717, 1.165) is 5.56 Å². The van der Waals surface area contributed by atoms with Crippen LogP contribution in [-0.2, 0) is 14.8 Å². The molecule has 0 aliphatic carbocycles. The lowest BCUT2D eigenvalue weighted by Crippen LogP contribution is -2.50. The SMILES string of the molecule is Cc1ccc(S(=O)(=O)N2CCN(C(=O)CCl)CC2)cc1. The standard InChI is InChI=1S/C13H17ClN2O3S/c1-11-2-4-12(5-3-11)20(18,19)16-8-6-15(7-9-16)13(17)10-14/h2-5H,6-10H2,1H3. The number of halogens is 1. The van der Waals surface area contributed by atoms with Gasteiger partial charge in [0.2, 0.25) is 15.9 Å². The molecule has 1 amide bonds. The molecule has 0 N–H and O–H groups in total. The lowest BCUT2D eigenvalue weighted by atomic mass is 10.2. The van der Waals surface area contributed by atoms with Crippen molar-refractivity contribution < 1.29 is 13.2 Å². The van der Waals surface area contributed by atoms with Crippen LogP contribution in [0, 0.1) is 6.92 Å². The Hall–Kier alpha value is -1.11. The molecule has 1 saturated heterocycles. The Morgan fingerprint density at radius 1 is 1.15 bits per heavy atom. The van der Waals surface area contributed by atoms with Crippen LogP contribution >= 0.6 is 11.6 Å². The van der Waals surface area contributed by atoms with Crippen molar-refractivity contribution in [1.82, 2.24) is 9.21 Å². The number of benzene rings is 1. The van der Waals surface area contributed by atoms with Gasteiger partial charge in [0, 0.05) is 26.2 Å². The molecule has 0 spiro atoms. The number of piperazine rings is 1. The minimum Gasteiger partial charge on any atom is -0.339 e. The van der Waals surface area contributed by atoms with E-state index >= 15 is 0 Å². The zero-order valence-corrected chi connectivity index (χ0v) is 12.8. The van der Waals surface area contributed by atoms with E-state index in [9.17, 15) is 13.2 Å². The predicted molar refractivity (Wildman–Crippen MR) is 77.2 cm³/mol. The summed E-state index contributed by atoms with van der Waals surface area (Å²) in [6.45, 7) is 3.29. The van der Waals surface area contributed by atoms with E-state index in [2.05, 4.69) is 0 Å². The molecule has 5 nitrogen and oxygen atoms in total. The lowest BCUT2D eigenvalue weighted by molar-refractivity contribution is -0.129. The highest BCUT2D eigenvalue weighted by atomic mass is 35.5. The summed E-state index contributed by atoms with van der Waals surface area (Å²) in [5.41, 5.74) is 1.02. The van der Waals surface area contributed by atoms with Crippen molar-refractivity contribution in [2.24, 2.45) is 0 Å². The lowest BCUT2D eigenvalue weighted by Gasteiger charge is -2.33. The van der Waals surface area contributed by atoms with Gasteiger partial charge in [-0.25, -0.2) is 8.42 Å². The summed E-state index contributed by atoms with van der Waals surface area (Å²) in [7, 11) is -3.47. The van der Waals surface area contributed by atoms with Gasteiger partial charge in [-0.05, 0) is 19.1 Å². The molecular formula is C13H17ClN2O3S. The van der Waals surface area contributed by atoms with Crippen molar-refractivity contribution in [3.05, 3.63) is 29.8 Å². The Morgan fingerprint density at radius 2 is 1.70 bits per heavy atom. The third-order valence-electron chi connectivity index (χ3n) is 3.36. The number of nitrogens with zero attached hydrogens (tertiary/aromatic N) is 2. The quantitative estimate of drug-likeness (QED) is 0.784. The molecule has 0 saturated carbocycles. The van der Waals surface area contributed by atoms with Crippen LogP contribution in [0.2, 0.25) is 0 Å². The molecule has 0 unspecified atom stereocenters. The van der Waals surface area contributed by atoms with Gasteiger partial charge in [-0.3, -0.25) is 4.79 Å². The number of alkyl halides is 1. The fourth-order valence-corrected chi connectivity index (χ4v) is 3.71.